The van der Waals surface area contributed by atoms with Crippen LogP contribution in [0.3, 0.4) is 0 Å². The van der Waals surface area contributed by atoms with Crippen molar-refractivity contribution in [2.75, 3.05) is 0 Å². The van der Waals surface area contributed by atoms with E-state index in [1.165, 1.54) is 28.3 Å². The largest absolute Gasteiger partial charge is 0.485 e. The number of aliphatic hydroxyl groups is 1. The van der Waals surface area contributed by atoms with Gasteiger partial charge in [0.15, 0.2) is 0 Å². The first-order chi connectivity index (χ1) is 14.5. The Balaban J connectivity index is 0.000000521. The zero-order chi connectivity index (χ0) is 23.9. The van der Waals surface area contributed by atoms with Gasteiger partial charge >= 0.3 is 0 Å². The minimum atomic E-state index is -0.694. The minimum absolute atomic E-state index is 0.0883. The molecule has 1 unspecified atom stereocenters. The van der Waals surface area contributed by atoms with Crippen LogP contribution in [0.4, 0.5) is 0 Å². The van der Waals surface area contributed by atoms with Crippen LogP contribution in [0.1, 0.15) is 76.6 Å². The Morgan fingerprint density at radius 1 is 1.13 bits per heavy atom. The standard InChI is InChI=1S/C21H26O2.C5H10O.CH2O/c1-7-9-16-11-13(4)22-21-18-10-12(3)15(6)23-20(18)17(8-2)14(5)19(16)21;1-4-5(2,3)6;1-2/h8,10-11,13,15H,2,7,9H2,1,3-6H3;4,6H,1H2,2-3H3;1H2/t13?,15-;;/m0../s1. The molecule has 2 atom stereocenters. The van der Waals surface area contributed by atoms with Gasteiger partial charge in [-0.1, -0.05) is 32.1 Å². The van der Waals surface area contributed by atoms with E-state index in [-0.39, 0.29) is 12.2 Å². The van der Waals surface area contributed by atoms with Crippen LogP contribution in [0.2, 0.25) is 0 Å². The van der Waals surface area contributed by atoms with E-state index in [1.807, 2.05) is 12.9 Å². The third-order valence-electron chi connectivity index (χ3n) is 5.33. The molecule has 2 heterocycles. The zero-order valence-electron chi connectivity index (χ0n) is 20.2. The molecule has 1 aromatic carbocycles. The lowest BCUT2D eigenvalue weighted by atomic mass is 9.86. The molecule has 4 nitrogen and oxygen atoms in total. The third kappa shape index (κ3) is 6.20. The maximum absolute atomic E-state index is 8.71. The predicted molar refractivity (Wildman–Crippen MR) is 132 cm³/mol. The van der Waals surface area contributed by atoms with Crippen LogP contribution >= 0.6 is 0 Å². The Morgan fingerprint density at radius 2 is 1.71 bits per heavy atom. The van der Waals surface area contributed by atoms with Crippen LogP contribution < -0.4 is 9.47 Å². The Bertz CT molecular complexity index is 868. The smallest absolute Gasteiger partial charge is 0.138 e. The summed E-state index contributed by atoms with van der Waals surface area (Å²) >= 11 is 0. The monoisotopic (exact) mass is 426 g/mol. The van der Waals surface area contributed by atoms with E-state index in [0.717, 1.165) is 35.5 Å². The number of carbonyl (C=O) groups is 1. The van der Waals surface area contributed by atoms with E-state index in [2.05, 4.69) is 59.9 Å². The fourth-order valence-corrected chi connectivity index (χ4v) is 3.55. The second-order valence-corrected chi connectivity index (χ2v) is 8.46. The Morgan fingerprint density at radius 3 is 2.19 bits per heavy atom. The van der Waals surface area contributed by atoms with Gasteiger partial charge in [-0.25, -0.2) is 0 Å². The van der Waals surface area contributed by atoms with Crippen LogP contribution in [0, 0.1) is 6.92 Å². The van der Waals surface area contributed by atoms with E-state index in [4.69, 9.17) is 19.4 Å². The van der Waals surface area contributed by atoms with Crippen molar-refractivity contribution in [1.29, 1.82) is 0 Å². The number of benzene rings is 1. The molecule has 1 N–H and O–H groups in total. The molecule has 0 saturated heterocycles. The molecule has 0 saturated carbocycles. The minimum Gasteiger partial charge on any atom is -0.485 e. The van der Waals surface area contributed by atoms with Crippen molar-refractivity contribution in [2.24, 2.45) is 0 Å². The van der Waals surface area contributed by atoms with Crippen LogP contribution in [-0.2, 0) is 4.79 Å². The van der Waals surface area contributed by atoms with Crippen molar-refractivity contribution >= 4 is 24.5 Å². The summed E-state index contributed by atoms with van der Waals surface area (Å²) in [5.74, 6) is 1.90. The fourth-order valence-electron chi connectivity index (χ4n) is 3.55. The normalized spacial score (nSPS) is 18.7. The van der Waals surface area contributed by atoms with Gasteiger partial charge in [0.05, 0.1) is 11.2 Å². The molecule has 0 amide bonds. The van der Waals surface area contributed by atoms with E-state index in [0.29, 0.717) is 0 Å². The van der Waals surface area contributed by atoms with Gasteiger partial charge in [0, 0.05) is 11.1 Å². The van der Waals surface area contributed by atoms with Gasteiger partial charge in [0.25, 0.3) is 0 Å². The summed E-state index contributed by atoms with van der Waals surface area (Å²) in [5, 5.41) is 8.71. The number of allylic oxidation sites excluding steroid dienone is 1. The van der Waals surface area contributed by atoms with Crippen molar-refractivity contribution in [1.82, 2.24) is 0 Å². The van der Waals surface area contributed by atoms with Crippen molar-refractivity contribution in [2.45, 2.75) is 79.1 Å². The lowest BCUT2D eigenvalue weighted by molar-refractivity contribution is -0.0980. The average Bonchev–Trinajstić information content (AvgIpc) is 2.71. The molecule has 2 aliphatic heterocycles. The molecule has 0 aromatic heterocycles. The Kier molecular flexibility index (Phi) is 9.51. The predicted octanol–water partition coefficient (Wildman–Crippen LogP) is 6.55. The zero-order valence-corrected chi connectivity index (χ0v) is 20.2. The lowest BCUT2D eigenvalue weighted by Crippen LogP contribution is -2.22. The molecule has 0 radical (unpaired) electrons. The van der Waals surface area contributed by atoms with Crippen molar-refractivity contribution in [3.05, 3.63) is 53.1 Å². The second-order valence-electron chi connectivity index (χ2n) is 8.46. The number of hydrogen-bond acceptors (Lipinski definition) is 4. The molecule has 0 bridgehead atoms. The number of hydrogen-bond donors (Lipinski definition) is 1. The van der Waals surface area contributed by atoms with Gasteiger partial charge in [-0.2, -0.15) is 0 Å². The summed E-state index contributed by atoms with van der Waals surface area (Å²) in [4.78, 5) is 8.00. The summed E-state index contributed by atoms with van der Waals surface area (Å²) in [6, 6.07) is 0. The molecule has 2 aliphatic rings. The molecule has 3 rings (SSSR count). The van der Waals surface area contributed by atoms with Crippen LogP contribution in [0.5, 0.6) is 11.5 Å². The van der Waals surface area contributed by atoms with E-state index in [9.17, 15) is 0 Å². The number of fused-ring (bicyclic) bond motifs is 3. The first-order valence-corrected chi connectivity index (χ1v) is 10.7. The first-order valence-electron chi connectivity index (χ1n) is 10.7. The van der Waals surface area contributed by atoms with Crippen molar-refractivity contribution < 1.29 is 19.4 Å². The summed E-state index contributed by atoms with van der Waals surface area (Å²) < 4.78 is 12.4. The highest BCUT2D eigenvalue weighted by molar-refractivity contribution is 5.87. The van der Waals surface area contributed by atoms with E-state index >= 15 is 0 Å². The molecular formula is C27H38O4. The summed E-state index contributed by atoms with van der Waals surface area (Å²) in [5.41, 5.74) is 6.52. The Labute approximate surface area is 188 Å². The highest BCUT2D eigenvalue weighted by Crippen LogP contribution is 2.49. The maximum atomic E-state index is 8.71. The van der Waals surface area contributed by atoms with Gasteiger partial charge < -0.3 is 19.4 Å². The SMILES string of the molecule is C=CC(C)(C)O.C=Cc1c(C)c2c(c3c1O[C@@H](C)C(C)=C3)OC(C)C=C2CCC.C=O. The molecule has 170 valence electrons. The fraction of sp³-hybridized carbons (Fsp3) is 0.444. The molecule has 0 aliphatic carbocycles. The lowest BCUT2D eigenvalue weighted by Gasteiger charge is -2.32. The number of rotatable bonds is 4. The highest BCUT2D eigenvalue weighted by Gasteiger charge is 2.30. The third-order valence-corrected chi connectivity index (χ3v) is 5.33. The van der Waals surface area contributed by atoms with Gasteiger partial charge in [0.1, 0.15) is 30.5 Å². The topological polar surface area (TPSA) is 55.8 Å². The molecule has 0 spiro atoms. The van der Waals surface area contributed by atoms with E-state index in [1.54, 1.807) is 13.8 Å². The number of carbonyl (C=O) groups excluding carboxylic acids is 1. The average molecular weight is 427 g/mol. The quantitative estimate of drug-likeness (QED) is 0.555. The maximum Gasteiger partial charge on any atom is 0.138 e. The van der Waals surface area contributed by atoms with Crippen molar-refractivity contribution in [3.8, 4) is 11.5 Å². The van der Waals surface area contributed by atoms with Crippen LogP contribution in [-0.4, -0.2) is 29.7 Å². The number of ether oxygens (including phenoxy) is 2. The Hall–Kier alpha value is -2.59. The van der Waals surface area contributed by atoms with Gasteiger partial charge in [0.2, 0.25) is 0 Å². The summed E-state index contributed by atoms with van der Waals surface area (Å²) in [7, 11) is 0. The van der Waals surface area contributed by atoms with Crippen molar-refractivity contribution in [3.63, 3.8) is 0 Å². The molecule has 4 heteroatoms. The van der Waals surface area contributed by atoms with Gasteiger partial charge in [-0.05, 0) is 76.8 Å². The highest BCUT2D eigenvalue weighted by atomic mass is 16.5. The first kappa shape index (κ1) is 26.4. The molecular weight excluding hydrogens is 388 g/mol. The van der Waals surface area contributed by atoms with E-state index < -0.39 is 5.60 Å². The second kappa shape index (κ2) is 11.1. The summed E-state index contributed by atoms with van der Waals surface area (Å²) in [6.07, 6.45) is 10.2. The summed E-state index contributed by atoms with van der Waals surface area (Å²) in [6.45, 7) is 23.4. The van der Waals surface area contributed by atoms with Crippen LogP contribution in [0.25, 0.3) is 17.7 Å². The van der Waals surface area contributed by atoms with Gasteiger partial charge in [-0.3, -0.25) is 0 Å². The molecule has 0 fully saturated rings. The van der Waals surface area contributed by atoms with Gasteiger partial charge in [-0.15, -0.1) is 6.58 Å². The molecule has 1 aromatic rings. The molecule has 31 heavy (non-hydrogen) atoms. The van der Waals surface area contributed by atoms with Crippen LogP contribution in [0.15, 0.2) is 30.9 Å².